The summed E-state index contributed by atoms with van der Waals surface area (Å²) >= 11 is 0. The van der Waals surface area contributed by atoms with Crippen molar-refractivity contribution in [2.45, 2.75) is 13.2 Å². The smallest absolute Gasteiger partial charge is 0.188 e. The fourth-order valence-electron chi connectivity index (χ4n) is 1.29. The standard InChI is InChI=1S/C11H17N3O.HI/c1-13-11(12)14-7-9-5-3-4-6-10(9)8-15-2;/h3-6H,7-8H2,1-2H3,(H3,12,13,14);1H. The highest BCUT2D eigenvalue weighted by Gasteiger charge is 2.00. The van der Waals surface area contributed by atoms with Gasteiger partial charge in [-0.15, -0.1) is 24.0 Å². The van der Waals surface area contributed by atoms with E-state index in [0.717, 1.165) is 5.56 Å². The van der Waals surface area contributed by atoms with Gasteiger partial charge < -0.3 is 15.8 Å². The van der Waals surface area contributed by atoms with Crippen LogP contribution in [0.5, 0.6) is 0 Å². The molecule has 1 aromatic carbocycles. The fraction of sp³-hybridized carbons (Fsp3) is 0.364. The number of aliphatic imine (C=N–C) groups is 1. The van der Waals surface area contributed by atoms with E-state index >= 15 is 0 Å². The van der Waals surface area contributed by atoms with Gasteiger partial charge in [-0.25, -0.2) is 0 Å². The van der Waals surface area contributed by atoms with Gasteiger partial charge in [-0.1, -0.05) is 24.3 Å². The van der Waals surface area contributed by atoms with Gasteiger partial charge in [0.25, 0.3) is 0 Å². The van der Waals surface area contributed by atoms with Crippen molar-refractivity contribution < 1.29 is 4.74 Å². The highest BCUT2D eigenvalue weighted by atomic mass is 127. The van der Waals surface area contributed by atoms with Crippen LogP contribution >= 0.6 is 24.0 Å². The van der Waals surface area contributed by atoms with Crippen LogP contribution in [0.2, 0.25) is 0 Å². The van der Waals surface area contributed by atoms with Crippen molar-refractivity contribution in [3.05, 3.63) is 35.4 Å². The van der Waals surface area contributed by atoms with E-state index in [1.807, 2.05) is 24.3 Å². The molecule has 0 saturated heterocycles. The van der Waals surface area contributed by atoms with Crippen molar-refractivity contribution in [3.8, 4) is 0 Å². The number of nitrogens with two attached hydrogens (primary N) is 1. The molecule has 3 N–H and O–H groups in total. The van der Waals surface area contributed by atoms with Crippen molar-refractivity contribution >= 4 is 29.9 Å². The minimum Gasteiger partial charge on any atom is -0.380 e. The van der Waals surface area contributed by atoms with Crippen molar-refractivity contribution in [3.63, 3.8) is 0 Å². The molecule has 0 unspecified atom stereocenters. The average Bonchev–Trinajstić information content (AvgIpc) is 2.28. The molecule has 0 bridgehead atoms. The van der Waals surface area contributed by atoms with Gasteiger partial charge in [-0.05, 0) is 11.1 Å². The molecular formula is C11H18IN3O. The predicted octanol–water partition coefficient (Wildman–Crippen LogP) is 1.49. The SMILES string of the molecule is CN=C(N)NCc1ccccc1COC.I. The Kier molecular flexibility index (Phi) is 7.92. The van der Waals surface area contributed by atoms with E-state index in [0.29, 0.717) is 19.1 Å². The number of benzene rings is 1. The van der Waals surface area contributed by atoms with Gasteiger partial charge >= 0.3 is 0 Å². The van der Waals surface area contributed by atoms with Crippen LogP contribution in [0.3, 0.4) is 0 Å². The van der Waals surface area contributed by atoms with Crippen LogP contribution in [-0.2, 0) is 17.9 Å². The number of rotatable bonds is 4. The molecular weight excluding hydrogens is 317 g/mol. The first-order valence-electron chi connectivity index (χ1n) is 4.79. The van der Waals surface area contributed by atoms with Gasteiger partial charge in [0.1, 0.15) is 0 Å². The van der Waals surface area contributed by atoms with E-state index < -0.39 is 0 Å². The Morgan fingerprint density at radius 3 is 2.56 bits per heavy atom. The summed E-state index contributed by atoms with van der Waals surface area (Å²) in [5.41, 5.74) is 7.89. The van der Waals surface area contributed by atoms with Crippen LogP contribution in [-0.4, -0.2) is 20.1 Å². The minimum atomic E-state index is 0. The normalized spacial score (nSPS) is 10.8. The van der Waals surface area contributed by atoms with Crippen molar-refractivity contribution in [2.24, 2.45) is 10.7 Å². The number of methoxy groups -OCH3 is 1. The Bertz CT molecular complexity index is 342. The van der Waals surface area contributed by atoms with E-state index in [9.17, 15) is 0 Å². The van der Waals surface area contributed by atoms with Gasteiger partial charge in [0.15, 0.2) is 5.96 Å². The lowest BCUT2D eigenvalue weighted by Crippen LogP contribution is -2.31. The summed E-state index contributed by atoms with van der Waals surface area (Å²) in [4.78, 5) is 3.83. The molecule has 0 aliphatic rings. The minimum absolute atomic E-state index is 0. The number of halogens is 1. The van der Waals surface area contributed by atoms with Gasteiger partial charge in [0.2, 0.25) is 0 Å². The molecule has 0 spiro atoms. The largest absolute Gasteiger partial charge is 0.380 e. The summed E-state index contributed by atoms with van der Waals surface area (Å²) in [6.07, 6.45) is 0. The Labute approximate surface area is 113 Å². The molecule has 0 aliphatic carbocycles. The van der Waals surface area contributed by atoms with E-state index in [4.69, 9.17) is 10.5 Å². The lowest BCUT2D eigenvalue weighted by Gasteiger charge is -2.09. The summed E-state index contributed by atoms with van der Waals surface area (Å²) in [6.45, 7) is 1.28. The highest BCUT2D eigenvalue weighted by molar-refractivity contribution is 14.0. The van der Waals surface area contributed by atoms with Gasteiger partial charge in [-0.2, -0.15) is 0 Å². The molecule has 90 valence electrons. The topological polar surface area (TPSA) is 59.6 Å². The van der Waals surface area contributed by atoms with Crippen LogP contribution < -0.4 is 11.1 Å². The van der Waals surface area contributed by atoms with Crippen LogP contribution in [0.15, 0.2) is 29.3 Å². The molecule has 0 heterocycles. The van der Waals surface area contributed by atoms with Crippen molar-refractivity contribution in [2.75, 3.05) is 14.2 Å². The van der Waals surface area contributed by atoms with Crippen LogP contribution in [0.25, 0.3) is 0 Å². The molecule has 0 radical (unpaired) electrons. The molecule has 0 saturated carbocycles. The maximum atomic E-state index is 5.55. The quantitative estimate of drug-likeness (QED) is 0.498. The maximum absolute atomic E-state index is 5.55. The second-order valence-corrected chi connectivity index (χ2v) is 3.16. The molecule has 1 rings (SSSR count). The van der Waals surface area contributed by atoms with Crippen LogP contribution in [0.1, 0.15) is 11.1 Å². The first-order valence-corrected chi connectivity index (χ1v) is 4.79. The zero-order valence-corrected chi connectivity index (χ0v) is 11.9. The lowest BCUT2D eigenvalue weighted by atomic mass is 10.1. The third-order valence-electron chi connectivity index (χ3n) is 2.12. The first-order chi connectivity index (χ1) is 7.27. The van der Waals surface area contributed by atoms with Gasteiger partial charge in [0, 0.05) is 20.7 Å². The lowest BCUT2D eigenvalue weighted by molar-refractivity contribution is 0.184. The molecule has 16 heavy (non-hydrogen) atoms. The Morgan fingerprint density at radius 1 is 1.38 bits per heavy atom. The summed E-state index contributed by atoms with van der Waals surface area (Å²) in [5.74, 6) is 0.446. The number of guanidine groups is 1. The Morgan fingerprint density at radius 2 is 2.00 bits per heavy atom. The monoisotopic (exact) mass is 335 g/mol. The summed E-state index contributed by atoms with van der Waals surface area (Å²) in [6, 6.07) is 8.08. The van der Waals surface area contributed by atoms with Crippen LogP contribution in [0, 0.1) is 0 Å². The number of hydrogen-bond acceptors (Lipinski definition) is 2. The maximum Gasteiger partial charge on any atom is 0.188 e. The molecule has 0 aromatic heterocycles. The average molecular weight is 335 g/mol. The van der Waals surface area contributed by atoms with Gasteiger partial charge in [-0.3, -0.25) is 4.99 Å². The highest BCUT2D eigenvalue weighted by Crippen LogP contribution is 2.09. The summed E-state index contributed by atoms with van der Waals surface area (Å²) < 4.78 is 5.11. The van der Waals surface area contributed by atoms with E-state index in [2.05, 4.69) is 10.3 Å². The molecule has 5 heteroatoms. The number of hydrogen-bond donors (Lipinski definition) is 2. The molecule has 0 fully saturated rings. The van der Waals surface area contributed by atoms with Crippen molar-refractivity contribution in [1.29, 1.82) is 0 Å². The number of ether oxygens (including phenoxy) is 1. The fourth-order valence-corrected chi connectivity index (χ4v) is 1.29. The molecule has 0 amide bonds. The molecule has 0 aliphatic heterocycles. The Hall–Kier alpha value is -0.820. The molecule has 4 nitrogen and oxygen atoms in total. The van der Waals surface area contributed by atoms with Crippen LogP contribution in [0.4, 0.5) is 0 Å². The summed E-state index contributed by atoms with van der Waals surface area (Å²) in [5, 5.41) is 3.02. The third-order valence-corrected chi connectivity index (χ3v) is 2.12. The van der Waals surface area contributed by atoms with E-state index in [1.165, 1.54) is 5.56 Å². The van der Waals surface area contributed by atoms with Crippen molar-refractivity contribution in [1.82, 2.24) is 5.32 Å². The predicted molar refractivity (Wildman–Crippen MR) is 77.0 cm³/mol. The second-order valence-electron chi connectivity index (χ2n) is 3.16. The molecule has 1 aromatic rings. The summed E-state index contributed by atoms with van der Waals surface area (Å²) in [7, 11) is 3.34. The van der Waals surface area contributed by atoms with E-state index in [-0.39, 0.29) is 24.0 Å². The van der Waals surface area contributed by atoms with Gasteiger partial charge in [0.05, 0.1) is 6.61 Å². The zero-order valence-electron chi connectivity index (χ0n) is 9.56. The number of nitrogens with one attached hydrogen (secondary N) is 1. The first kappa shape index (κ1) is 15.2. The Balaban J connectivity index is 0.00000225. The third kappa shape index (κ3) is 4.80. The molecule has 0 atom stereocenters. The zero-order chi connectivity index (χ0) is 11.1. The van der Waals surface area contributed by atoms with E-state index in [1.54, 1.807) is 14.2 Å². The number of nitrogens with zero attached hydrogens (tertiary/aromatic N) is 1. The second kappa shape index (κ2) is 8.35.